The molecule has 22 heavy (non-hydrogen) atoms. The van der Waals surface area contributed by atoms with Crippen LogP contribution in [0.15, 0.2) is 28.7 Å². The zero-order valence-corrected chi connectivity index (χ0v) is 13.7. The lowest BCUT2D eigenvalue weighted by molar-refractivity contribution is -0.142. The number of hydrazone groups is 1. The maximum absolute atomic E-state index is 11.4. The topological polar surface area (TPSA) is 63.6 Å². The Morgan fingerprint density at radius 3 is 3.05 bits per heavy atom. The van der Waals surface area contributed by atoms with Gasteiger partial charge in [-0.25, -0.2) is 4.98 Å². The fourth-order valence-corrected chi connectivity index (χ4v) is 2.53. The fourth-order valence-electron chi connectivity index (χ4n) is 1.87. The van der Waals surface area contributed by atoms with Gasteiger partial charge in [0.25, 0.3) is 0 Å². The lowest BCUT2D eigenvalue weighted by atomic mass is 10.0. The maximum atomic E-state index is 11.4. The van der Waals surface area contributed by atoms with Crippen LogP contribution in [0.2, 0.25) is 0 Å². The van der Waals surface area contributed by atoms with Crippen LogP contribution in [0.3, 0.4) is 0 Å². The van der Waals surface area contributed by atoms with Crippen LogP contribution in [0, 0.1) is 13.8 Å². The van der Waals surface area contributed by atoms with Gasteiger partial charge in [0.1, 0.15) is 0 Å². The van der Waals surface area contributed by atoms with Gasteiger partial charge in [0.15, 0.2) is 0 Å². The molecule has 0 spiro atoms. The van der Waals surface area contributed by atoms with E-state index in [0.29, 0.717) is 17.4 Å². The largest absolute Gasteiger partial charge is 0.466 e. The molecule has 0 aliphatic carbocycles. The summed E-state index contributed by atoms with van der Waals surface area (Å²) in [6.45, 7) is 6.31. The minimum Gasteiger partial charge on any atom is -0.466 e. The van der Waals surface area contributed by atoms with Crippen LogP contribution >= 0.6 is 11.3 Å². The summed E-state index contributed by atoms with van der Waals surface area (Å²) in [7, 11) is 0. The molecule has 0 aliphatic heterocycles. The minimum atomic E-state index is -0.266. The van der Waals surface area contributed by atoms with Crippen molar-refractivity contribution in [1.82, 2.24) is 4.98 Å². The van der Waals surface area contributed by atoms with Crippen molar-refractivity contribution in [3.8, 4) is 0 Å². The Hall–Kier alpha value is -2.21. The highest BCUT2D eigenvalue weighted by molar-refractivity contribution is 7.13. The predicted molar refractivity (Wildman–Crippen MR) is 89.6 cm³/mol. The van der Waals surface area contributed by atoms with Crippen molar-refractivity contribution in [3.63, 3.8) is 0 Å². The molecule has 116 valence electrons. The summed E-state index contributed by atoms with van der Waals surface area (Å²) in [5, 5.41) is 6.68. The summed E-state index contributed by atoms with van der Waals surface area (Å²) < 4.78 is 4.89. The lowest BCUT2D eigenvalue weighted by Gasteiger charge is -2.02. The van der Waals surface area contributed by atoms with E-state index in [9.17, 15) is 4.79 Å². The molecule has 1 N–H and O–H groups in total. The number of hydrogen-bond acceptors (Lipinski definition) is 6. The van der Waals surface area contributed by atoms with Crippen LogP contribution in [-0.2, 0) is 16.0 Å². The summed E-state index contributed by atoms with van der Waals surface area (Å²) in [6, 6.07) is 6.09. The molecule has 6 heteroatoms. The number of hydrogen-bond donors (Lipinski definition) is 1. The Balaban J connectivity index is 1.94. The molecule has 0 fully saturated rings. The average Bonchev–Trinajstić information content (AvgIpc) is 2.91. The first-order valence-corrected chi connectivity index (χ1v) is 7.93. The molecule has 5 nitrogen and oxygen atoms in total. The Morgan fingerprint density at radius 2 is 2.27 bits per heavy atom. The monoisotopic (exact) mass is 317 g/mol. The molecular weight excluding hydrogens is 298 g/mol. The lowest BCUT2D eigenvalue weighted by Crippen LogP contribution is -2.07. The molecule has 0 radical (unpaired) electrons. The first-order valence-electron chi connectivity index (χ1n) is 7.05. The first-order chi connectivity index (χ1) is 10.6. The number of carbonyl (C=O) groups excluding carboxylic acids is 1. The van der Waals surface area contributed by atoms with Crippen LogP contribution in [0.5, 0.6) is 0 Å². The van der Waals surface area contributed by atoms with Crippen molar-refractivity contribution < 1.29 is 9.53 Å². The van der Waals surface area contributed by atoms with E-state index in [4.69, 9.17) is 4.74 Å². The van der Waals surface area contributed by atoms with Gasteiger partial charge in [0.2, 0.25) is 5.13 Å². The number of aryl methyl sites for hydroxylation is 1. The summed E-state index contributed by atoms with van der Waals surface area (Å²) in [5.74, 6) is -0.266. The highest BCUT2D eigenvalue weighted by Crippen LogP contribution is 2.16. The van der Waals surface area contributed by atoms with Crippen LogP contribution in [0.1, 0.15) is 29.3 Å². The third kappa shape index (κ3) is 4.39. The Bertz CT molecular complexity index is 680. The van der Waals surface area contributed by atoms with E-state index in [1.54, 1.807) is 13.1 Å². The van der Waals surface area contributed by atoms with Crippen LogP contribution in [0.4, 0.5) is 5.13 Å². The van der Waals surface area contributed by atoms with Gasteiger partial charge in [-0.3, -0.25) is 10.2 Å². The number of nitrogens with zero attached hydrogens (tertiary/aromatic N) is 2. The summed E-state index contributed by atoms with van der Waals surface area (Å²) in [5.41, 5.74) is 7.08. The predicted octanol–water partition coefficient (Wildman–Crippen LogP) is 3.31. The van der Waals surface area contributed by atoms with E-state index < -0.39 is 0 Å². The maximum Gasteiger partial charge on any atom is 0.311 e. The van der Waals surface area contributed by atoms with Crippen molar-refractivity contribution in [2.24, 2.45) is 5.10 Å². The molecule has 1 heterocycles. The first kappa shape index (κ1) is 16.2. The second kappa shape index (κ2) is 7.70. The number of nitrogens with one attached hydrogen (secondary N) is 1. The van der Waals surface area contributed by atoms with Gasteiger partial charge in [-0.1, -0.05) is 18.2 Å². The van der Waals surface area contributed by atoms with Gasteiger partial charge in [-0.2, -0.15) is 5.10 Å². The van der Waals surface area contributed by atoms with Gasteiger partial charge in [-0.05, 0) is 37.5 Å². The van der Waals surface area contributed by atoms with E-state index in [0.717, 1.165) is 5.56 Å². The van der Waals surface area contributed by atoms with E-state index in [1.807, 2.05) is 17.5 Å². The van der Waals surface area contributed by atoms with Gasteiger partial charge in [0.05, 0.1) is 24.9 Å². The van der Waals surface area contributed by atoms with Crippen molar-refractivity contribution in [2.75, 3.05) is 12.0 Å². The minimum absolute atomic E-state index is 0.187. The molecule has 2 rings (SSSR count). The summed E-state index contributed by atoms with van der Waals surface area (Å²) in [6.07, 6.45) is 1.96. The van der Waals surface area contributed by atoms with Crippen LogP contribution in [0.25, 0.3) is 0 Å². The van der Waals surface area contributed by atoms with E-state index in [2.05, 4.69) is 35.4 Å². The third-order valence-electron chi connectivity index (χ3n) is 3.19. The molecule has 0 aliphatic rings. The molecule has 1 aromatic carbocycles. The van der Waals surface area contributed by atoms with Gasteiger partial charge < -0.3 is 4.74 Å². The van der Waals surface area contributed by atoms with E-state index >= 15 is 0 Å². The number of esters is 1. The van der Waals surface area contributed by atoms with Gasteiger partial charge >= 0.3 is 5.97 Å². The van der Waals surface area contributed by atoms with E-state index in [-0.39, 0.29) is 12.4 Å². The number of ether oxygens (including phenoxy) is 1. The fraction of sp³-hybridized carbons (Fsp3) is 0.312. The number of benzene rings is 1. The molecule has 0 amide bonds. The van der Waals surface area contributed by atoms with E-state index in [1.165, 1.54) is 22.5 Å². The zero-order chi connectivity index (χ0) is 15.9. The second-order valence-corrected chi connectivity index (χ2v) is 5.64. The number of aromatic nitrogens is 1. The Labute approximate surface area is 134 Å². The highest BCUT2D eigenvalue weighted by atomic mass is 32.1. The summed E-state index contributed by atoms with van der Waals surface area (Å²) in [4.78, 5) is 15.7. The van der Waals surface area contributed by atoms with Crippen molar-refractivity contribution in [3.05, 3.63) is 46.0 Å². The number of anilines is 1. The second-order valence-electron chi connectivity index (χ2n) is 4.78. The molecule has 0 saturated heterocycles. The molecule has 0 atom stereocenters. The molecule has 0 saturated carbocycles. The quantitative estimate of drug-likeness (QED) is 0.504. The van der Waals surface area contributed by atoms with Crippen molar-refractivity contribution in [2.45, 2.75) is 27.2 Å². The number of carbonyl (C=O) groups is 1. The van der Waals surface area contributed by atoms with Gasteiger partial charge in [0, 0.05) is 5.38 Å². The van der Waals surface area contributed by atoms with Crippen molar-refractivity contribution >= 4 is 28.7 Å². The zero-order valence-electron chi connectivity index (χ0n) is 12.9. The number of thiazole rings is 1. The normalized spacial score (nSPS) is 10.9. The molecule has 2 aromatic rings. The van der Waals surface area contributed by atoms with Crippen LogP contribution < -0.4 is 5.43 Å². The van der Waals surface area contributed by atoms with Gasteiger partial charge in [-0.15, -0.1) is 11.3 Å². The average molecular weight is 317 g/mol. The van der Waals surface area contributed by atoms with Crippen LogP contribution in [-0.4, -0.2) is 23.8 Å². The molecular formula is C16H19N3O2S. The standard InChI is InChI=1S/C16H19N3O2S/c1-4-21-15(20)8-14-10-22-16(18-14)19-17-9-13-7-5-6-11(2)12(13)3/h5-7,9-10H,4,8H2,1-3H3,(H,18,19). The number of rotatable bonds is 6. The molecule has 1 aromatic heterocycles. The third-order valence-corrected chi connectivity index (χ3v) is 3.99. The Morgan fingerprint density at radius 1 is 1.45 bits per heavy atom. The Kier molecular flexibility index (Phi) is 5.66. The van der Waals surface area contributed by atoms with Crippen molar-refractivity contribution in [1.29, 1.82) is 0 Å². The SMILES string of the molecule is CCOC(=O)Cc1csc(NN=Cc2cccc(C)c2C)n1. The molecule has 0 unspecified atom stereocenters. The highest BCUT2D eigenvalue weighted by Gasteiger charge is 2.07. The summed E-state index contributed by atoms with van der Waals surface area (Å²) >= 11 is 1.41. The smallest absolute Gasteiger partial charge is 0.311 e. The molecule has 0 bridgehead atoms.